The van der Waals surface area contributed by atoms with Crippen molar-refractivity contribution in [2.45, 2.75) is 6.92 Å². The number of ether oxygens (including phenoxy) is 1. The highest BCUT2D eigenvalue weighted by Crippen LogP contribution is 2.20. The molecule has 116 valence electrons. The number of rotatable bonds is 4. The molecule has 0 fully saturated rings. The van der Waals surface area contributed by atoms with Gasteiger partial charge in [0, 0.05) is 5.56 Å². The van der Waals surface area contributed by atoms with E-state index in [1.165, 1.54) is 5.56 Å². The van der Waals surface area contributed by atoms with Gasteiger partial charge in [0.1, 0.15) is 5.75 Å². The number of nitrogens with one attached hydrogen (secondary N) is 1. The molecule has 1 heterocycles. The molecule has 2 aromatic carbocycles. The maximum atomic E-state index is 5.27. The van der Waals surface area contributed by atoms with Crippen LogP contribution in [0.4, 0.5) is 0 Å². The van der Waals surface area contributed by atoms with Crippen molar-refractivity contribution in [1.29, 1.82) is 0 Å². The summed E-state index contributed by atoms with van der Waals surface area (Å²) < 4.78 is 7.23. The molecular weight excluding hydrogens is 308 g/mol. The predicted molar refractivity (Wildman–Crippen MR) is 93.6 cm³/mol. The molecule has 6 heteroatoms. The average molecular weight is 324 g/mol. The third-order valence-electron chi connectivity index (χ3n) is 3.36. The van der Waals surface area contributed by atoms with Crippen molar-refractivity contribution >= 4 is 18.4 Å². The number of H-pyrrole nitrogens is 1. The zero-order chi connectivity index (χ0) is 16.2. The average Bonchev–Trinajstić information content (AvgIpc) is 2.94. The molecule has 1 aromatic heterocycles. The van der Waals surface area contributed by atoms with Gasteiger partial charge in [-0.25, -0.2) is 5.10 Å². The van der Waals surface area contributed by atoms with Crippen LogP contribution in [0, 0.1) is 11.7 Å². The summed E-state index contributed by atoms with van der Waals surface area (Å²) >= 11 is 5.27. The Bertz CT molecular complexity index is 893. The number of aromatic nitrogens is 3. The van der Waals surface area contributed by atoms with E-state index in [9.17, 15) is 0 Å². The number of methoxy groups -OCH3 is 1. The van der Waals surface area contributed by atoms with Gasteiger partial charge in [-0.3, -0.25) is 0 Å². The molecule has 0 bridgehead atoms. The lowest BCUT2D eigenvalue weighted by atomic mass is 10.2. The zero-order valence-electron chi connectivity index (χ0n) is 12.9. The van der Waals surface area contributed by atoms with E-state index in [4.69, 9.17) is 17.0 Å². The van der Waals surface area contributed by atoms with Crippen molar-refractivity contribution in [3.8, 4) is 17.1 Å². The Labute approximate surface area is 139 Å². The van der Waals surface area contributed by atoms with Crippen LogP contribution in [0.25, 0.3) is 11.4 Å². The third kappa shape index (κ3) is 3.37. The summed E-state index contributed by atoms with van der Waals surface area (Å²) in [4.78, 5) is 0. The summed E-state index contributed by atoms with van der Waals surface area (Å²) in [5, 5.41) is 11.5. The minimum absolute atomic E-state index is 0.444. The Morgan fingerprint density at radius 3 is 2.70 bits per heavy atom. The van der Waals surface area contributed by atoms with Gasteiger partial charge in [0.25, 0.3) is 0 Å². The Balaban J connectivity index is 1.96. The van der Waals surface area contributed by atoms with Gasteiger partial charge < -0.3 is 4.74 Å². The number of nitrogens with zero attached hydrogens (tertiary/aromatic N) is 3. The first-order chi connectivity index (χ1) is 11.2. The van der Waals surface area contributed by atoms with E-state index in [1.54, 1.807) is 18.0 Å². The fourth-order valence-electron chi connectivity index (χ4n) is 2.20. The summed E-state index contributed by atoms with van der Waals surface area (Å²) in [6, 6.07) is 15.7. The van der Waals surface area contributed by atoms with Gasteiger partial charge in [-0.1, -0.05) is 29.8 Å². The predicted octanol–water partition coefficient (Wildman–Crippen LogP) is 3.81. The van der Waals surface area contributed by atoms with Crippen LogP contribution in [0.2, 0.25) is 0 Å². The molecule has 0 spiro atoms. The van der Waals surface area contributed by atoms with Crippen LogP contribution in [0.5, 0.6) is 5.75 Å². The molecular formula is C17H16N4OS. The van der Waals surface area contributed by atoms with E-state index in [1.807, 2.05) is 49.4 Å². The molecule has 0 aliphatic heterocycles. The topological polar surface area (TPSA) is 55.2 Å². The van der Waals surface area contributed by atoms with Gasteiger partial charge in [0.2, 0.25) is 4.77 Å². The lowest BCUT2D eigenvalue weighted by Gasteiger charge is -2.03. The van der Waals surface area contributed by atoms with Gasteiger partial charge in [-0.05, 0) is 49.0 Å². The number of hydrogen-bond donors (Lipinski definition) is 1. The highest BCUT2D eigenvalue weighted by atomic mass is 32.1. The highest BCUT2D eigenvalue weighted by Gasteiger charge is 2.08. The van der Waals surface area contributed by atoms with Crippen LogP contribution in [-0.4, -0.2) is 28.2 Å². The second kappa shape index (κ2) is 6.58. The van der Waals surface area contributed by atoms with Gasteiger partial charge >= 0.3 is 0 Å². The Kier molecular flexibility index (Phi) is 4.34. The molecule has 0 saturated heterocycles. The molecule has 3 aromatic rings. The van der Waals surface area contributed by atoms with Crippen molar-refractivity contribution in [1.82, 2.24) is 14.9 Å². The molecule has 0 aliphatic rings. The summed E-state index contributed by atoms with van der Waals surface area (Å²) in [5.74, 6) is 1.44. The van der Waals surface area contributed by atoms with Crippen LogP contribution in [0.3, 0.4) is 0 Å². The smallest absolute Gasteiger partial charge is 0.216 e. The summed E-state index contributed by atoms with van der Waals surface area (Å²) in [5.41, 5.74) is 3.09. The Morgan fingerprint density at radius 1 is 1.22 bits per heavy atom. The van der Waals surface area contributed by atoms with E-state index in [2.05, 4.69) is 21.4 Å². The van der Waals surface area contributed by atoms with Gasteiger partial charge in [-0.2, -0.15) is 14.9 Å². The van der Waals surface area contributed by atoms with Crippen LogP contribution < -0.4 is 4.74 Å². The molecule has 5 nitrogen and oxygen atoms in total. The molecule has 3 rings (SSSR count). The molecule has 0 radical (unpaired) electrons. The molecule has 0 aliphatic carbocycles. The summed E-state index contributed by atoms with van der Waals surface area (Å²) in [6.07, 6.45) is 1.77. The first-order valence-electron chi connectivity index (χ1n) is 7.10. The Morgan fingerprint density at radius 2 is 2.00 bits per heavy atom. The van der Waals surface area contributed by atoms with Crippen LogP contribution >= 0.6 is 12.2 Å². The second-order valence-corrected chi connectivity index (χ2v) is 5.44. The third-order valence-corrected chi connectivity index (χ3v) is 3.63. The highest BCUT2D eigenvalue weighted by molar-refractivity contribution is 7.71. The summed E-state index contributed by atoms with van der Waals surface area (Å²) in [6.45, 7) is 2.05. The number of benzene rings is 2. The molecule has 0 unspecified atom stereocenters. The fraction of sp³-hybridized carbons (Fsp3) is 0.118. The lowest BCUT2D eigenvalue weighted by molar-refractivity contribution is 0.415. The van der Waals surface area contributed by atoms with Crippen molar-refractivity contribution < 1.29 is 4.74 Å². The standard InChI is InChI=1S/C17H16N4OS/c1-12-4-3-5-13(10-12)11-18-21-16(19-20-17(21)23)14-6-8-15(22-2)9-7-14/h3-11H,1-2H3,(H,20,23)/b18-11+. The molecule has 23 heavy (non-hydrogen) atoms. The number of aromatic amines is 1. The van der Waals surface area contributed by atoms with E-state index < -0.39 is 0 Å². The van der Waals surface area contributed by atoms with Crippen molar-refractivity contribution in [2.75, 3.05) is 7.11 Å². The van der Waals surface area contributed by atoms with Crippen molar-refractivity contribution in [3.05, 3.63) is 64.4 Å². The van der Waals surface area contributed by atoms with Gasteiger partial charge in [0.15, 0.2) is 5.82 Å². The van der Waals surface area contributed by atoms with Gasteiger partial charge in [0.05, 0.1) is 13.3 Å². The zero-order valence-corrected chi connectivity index (χ0v) is 13.7. The van der Waals surface area contributed by atoms with Crippen molar-refractivity contribution in [2.24, 2.45) is 5.10 Å². The molecule has 0 amide bonds. The first-order valence-corrected chi connectivity index (χ1v) is 7.51. The number of hydrogen-bond acceptors (Lipinski definition) is 4. The van der Waals surface area contributed by atoms with E-state index in [0.717, 1.165) is 16.9 Å². The molecule has 0 atom stereocenters. The minimum Gasteiger partial charge on any atom is -0.497 e. The maximum Gasteiger partial charge on any atom is 0.216 e. The van der Waals surface area contributed by atoms with Crippen molar-refractivity contribution in [3.63, 3.8) is 0 Å². The van der Waals surface area contributed by atoms with E-state index >= 15 is 0 Å². The van der Waals surface area contributed by atoms with Crippen LogP contribution in [0.1, 0.15) is 11.1 Å². The summed E-state index contributed by atoms with van der Waals surface area (Å²) in [7, 11) is 1.64. The Hall–Kier alpha value is -2.73. The maximum absolute atomic E-state index is 5.27. The second-order valence-electron chi connectivity index (χ2n) is 5.05. The lowest BCUT2D eigenvalue weighted by Crippen LogP contribution is -1.95. The fourth-order valence-corrected chi connectivity index (χ4v) is 2.38. The quantitative estimate of drug-likeness (QED) is 0.586. The monoisotopic (exact) mass is 324 g/mol. The molecule has 0 saturated carbocycles. The van der Waals surface area contributed by atoms with E-state index in [0.29, 0.717) is 10.6 Å². The van der Waals surface area contributed by atoms with Gasteiger partial charge in [-0.15, -0.1) is 0 Å². The van der Waals surface area contributed by atoms with Crippen LogP contribution in [-0.2, 0) is 0 Å². The van der Waals surface area contributed by atoms with E-state index in [-0.39, 0.29) is 0 Å². The SMILES string of the molecule is COc1ccc(-c2n[nH]c(=S)n2/N=C/c2cccc(C)c2)cc1. The first kappa shape index (κ1) is 15.2. The normalized spacial score (nSPS) is 11.0. The molecule has 1 N–H and O–H groups in total. The van der Waals surface area contributed by atoms with Crippen LogP contribution in [0.15, 0.2) is 53.6 Å². The number of aryl methyl sites for hydroxylation is 1. The minimum atomic E-state index is 0.444. The largest absolute Gasteiger partial charge is 0.497 e.